The zero-order valence-corrected chi connectivity index (χ0v) is 12.6. The van der Waals surface area contributed by atoms with Crippen LogP contribution in [-0.4, -0.2) is 19.7 Å². The number of fused-ring (bicyclic) bond motifs is 1. The van der Waals surface area contributed by atoms with E-state index in [4.69, 9.17) is 12.3 Å². The molecule has 0 saturated carbocycles. The van der Waals surface area contributed by atoms with Gasteiger partial charge in [0.2, 0.25) is 0 Å². The molecular weight excluding hydrogens is 300 g/mol. The molecule has 114 valence electrons. The second-order valence-electron chi connectivity index (χ2n) is 5.32. The van der Waals surface area contributed by atoms with E-state index in [9.17, 15) is 0 Å². The van der Waals surface area contributed by atoms with Crippen LogP contribution in [0.15, 0.2) is 61.2 Å². The van der Waals surface area contributed by atoms with Gasteiger partial charge in [0, 0.05) is 29.5 Å². The predicted octanol–water partition coefficient (Wildman–Crippen LogP) is 3.62. The van der Waals surface area contributed by atoms with E-state index in [1.165, 1.54) is 0 Å². The summed E-state index contributed by atoms with van der Waals surface area (Å²) in [6.07, 6.45) is 6.78. The number of pyridine rings is 2. The Hall–Kier alpha value is -3.72. The molecule has 0 radical (unpaired) electrons. The third-order valence-corrected chi connectivity index (χ3v) is 3.74. The molecule has 0 unspecified atom stereocenters. The van der Waals surface area contributed by atoms with Gasteiger partial charge in [-0.2, -0.15) is 5.10 Å². The Balaban J connectivity index is 1.89. The molecule has 3 heterocycles. The minimum atomic E-state index is 0.528. The average molecular weight is 312 g/mol. The van der Waals surface area contributed by atoms with Gasteiger partial charge < -0.3 is 5.73 Å². The number of benzene rings is 1. The fourth-order valence-electron chi connectivity index (χ4n) is 2.59. The summed E-state index contributed by atoms with van der Waals surface area (Å²) >= 11 is 0. The molecule has 0 bridgehead atoms. The second-order valence-corrected chi connectivity index (χ2v) is 5.32. The molecule has 0 atom stereocenters. The molecule has 4 aromatic rings. The van der Waals surface area contributed by atoms with Gasteiger partial charge in [-0.15, -0.1) is 0 Å². The smallest absolute Gasteiger partial charge is 0.192 e. The topological polar surface area (TPSA) is 74.0 Å². The molecule has 3 aromatic heterocycles. The molecule has 2 N–H and O–H groups in total. The molecule has 0 aliphatic heterocycles. The van der Waals surface area contributed by atoms with Crippen molar-refractivity contribution >= 4 is 22.3 Å². The van der Waals surface area contributed by atoms with Gasteiger partial charge in [0.25, 0.3) is 0 Å². The van der Waals surface area contributed by atoms with Crippen molar-refractivity contribution in [1.29, 1.82) is 0 Å². The standard InChI is InChI=1S/C18H12N6/c1-20-16-4-5-22-18(8-16)24-17-7-12(2-3-13(17)10-23-24)14-6-15(19)11-21-9-14/h2-11H,19H2. The lowest BCUT2D eigenvalue weighted by molar-refractivity contribution is 0.876. The molecule has 0 amide bonds. The van der Waals surface area contributed by atoms with E-state index in [2.05, 4.69) is 19.9 Å². The number of hydrogen-bond donors (Lipinski definition) is 1. The van der Waals surface area contributed by atoms with Crippen LogP contribution >= 0.6 is 0 Å². The largest absolute Gasteiger partial charge is 0.397 e. The van der Waals surface area contributed by atoms with Gasteiger partial charge in [0.05, 0.1) is 24.0 Å². The van der Waals surface area contributed by atoms with Crippen molar-refractivity contribution in [3.63, 3.8) is 0 Å². The summed E-state index contributed by atoms with van der Waals surface area (Å²) in [6, 6.07) is 11.3. The first-order chi connectivity index (χ1) is 11.7. The lowest BCUT2D eigenvalue weighted by Gasteiger charge is -2.06. The zero-order chi connectivity index (χ0) is 16.5. The summed E-state index contributed by atoms with van der Waals surface area (Å²) in [6.45, 7) is 7.14. The van der Waals surface area contributed by atoms with Crippen molar-refractivity contribution in [1.82, 2.24) is 19.7 Å². The summed E-state index contributed by atoms with van der Waals surface area (Å²) in [5, 5.41) is 5.40. The van der Waals surface area contributed by atoms with Gasteiger partial charge in [0.1, 0.15) is 5.82 Å². The van der Waals surface area contributed by atoms with Crippen molar-refractivity contribution in [3.05, 3.63) is 72.6 Å². The van der Waals surface area contributed by atoms with Crippen LogP contribution in [0.4, 0.5) is 11.4 Å². The molecule has 6 nitrogen and oxygen atoms in total. The highest BCUT2D eigenvalue weighted by Crippen LogP contribution is 2.26. The summed E-state index contributed by atoms with van der Waals surface area (Å²) in [7, 11) is 0. The van der Waals surface area contributed by atoms with Crippen molar-refractivity contribution in [2.45, 2.75) is 0 Å². The first-order valence-corrected chi connectivity index (χ1v) is 7.27. The number of hydrogen-bond acceptors (Lipinski definition) is 4. The molecule has 0 aliphatic rings. The number of nitrogens with two attached hydrogens (primary N) is 1. The van der Waals surface area contributed by atoms with E-state index in [1.807, 2.05) is 24.3 Å². The quantitative estimate of drug-likeness (QED) is 0.574. The van der Waals surface area contributed by atoms with Crippen LogP contribution in [0.25, 0.3) is 32.7 Å². The van der Waals surface area contributed by atoms with Gasteiger partial charge >= 0.3 is 0 Å². The number of rotatable bonds is 2. The lowest BCUT2D eigenvalue weighted by atomic mass is 10.1. The van der Waals surface area contributed by atoms with Crippen LogP contribution in [0.5, 0.6) is 0 Å². The van der Waals surface area contributed by atoms with Crippen LogP contribution in [0.3, 0.4) is 0 Å². The number of nitrogens with zero attached hydrogens (tertiary/aromatic N) is 5. The maximum atomic E-state index is 7.14. The second kappa shape index (κ2) is 5.48. The molecule has 0 aliphatic carbocycles. The van der Waals surface area contributed by atoms with E-state index >= 15 is 0 Å². The zero-order valence-electron chi connectivity index (χ0n) is 12.6. The highest BCUT2D eigenvalue weighted by molar-refractivity contribution is 5.85. The van der Waals surface area contributed by atoms with E-state index in [0.717, 1.165) is 22.0 Å². The summed E-state index contributed by atoms with van der Waals surface area (Å²) in [5.41, 5.74) is 9.80. The van der Waals surface area contributed by atoms with E-state index in [-0.39, 0.29) is 0 Å². The van der Waals surface area contributed by atoms with Crippen LogP contribution in [0.1, 0.15) is 0 Å². The Bertz CT molecular complexity index is 1090. The van der Waals surface area contributed by atoms with Crippen LogP contribution in [-0.2, 0) is 0 Å². The van der Waals surface area contributed by atoms with Crippen molar-refractivity contribution < 1.29 is 0 Å². The van der Waals surface area contributed by atoms with Gasteiger partial charge in [-0.1, -0.05) is 12.1 Å². The third-order valence-electron chi connectivity index (χ3n) is 3.74. The highest BCUT2D eigenvalue weighted by Gasteiger charge is 2.09. The lowest BCUT2D eigenvalue weighted by Crippen LogP contribution is -1.98. The van der Waals surface area contributed by atoms with Gasteiger partial charge in [-0.05, 0) is 29.8 Å². The maximum Gasteiger partial charge on any atom is 0.192 e. The normalized spacial score (nSPS) is 10.6. The summed E-state index contributed by atoms with van der Waals surface area (Å²) in [5.74, 6) is 0.612. The Morgan fingerprint density at radius 1 is 1.00 bits per heavy atom. The molecule has 24 heavy (non-hydrogen) atoms. The van der Waals surface area contributed by atoms with Crippen molar-refractivity contribution in [3.8, 4) is 16.9 Å². The van der Waals surface area contributed by atoms with Crippen LogP contribution in [0, 0.1) is 6.57 Å². The van der Waals surface area contributed by atoms with E-state index in [1.54, 1.807) is 41.6 Å². The van der Waals surface area contributed by atoms with Crippen LogP contribution in [0.2, 0.25) is 0 Å². The van der Waals surface area contributed by atoms with Crippen LogP contribution < -0.4 is 5.73 Å². The minimum Gasteiger partial charge on any atom is -0.397 e. The van der Waals surface area contributed by atoms with Crippen molar-refractivity contribution in [2.24, 2.45) is 0 Å². The SMILES string of the molecule is [C-]#[N+]c1ccnc(-n2ncc3ccc(-c4cncc(N)c4)cc32)c1. The molecule has 0 fully saturated rings. The highest BCUT2D eigenvalue weighted by atomic mass is 15.3. The van der Waals surface area contributed by atoms with E-state index < -0.39 is 0 Å². The minimum absolute atomic E-state index is 0.528. The molecule has 1 aromatic carbocycles. The predicted molar refractivity (Wildman–Crippen MR) is 92.8 cm³/mol. The Kier molecular flexibility index (Phi) is 3.18. The third kappa shape index (κ3) is 2.34. The molecule has 6 heteroatoms. The fraction of sp³-hybridized carbons (Fsp3) is 0. The molecule has 4 rings (SSSR count). The fourth-order valence-corrected chi connectivity index (χ4v) is 2.59. The summed E-state index contributed by atoms with van der Waals surface area (Å²) < 4.78 is 1.73. The van der Waals surface area contributed by atoms with Gasteiger partial charge in [0.15, 0.2) is 5.69 Å². The number of nitrogen functional groups attached to an aromatic ring is 1. The Morgan fingerprint density at radius 3 is 2.75 bits per heavy atom. The average Bonchev–Trinajstić information content (AvgIpc) is 3.05. The summed E-state index contributed by atoms with van der Waals surface area (Å²) in [4.78, 5) is 11.9. The first kappa shape index (κ1) is 13.9. The monoisotopic (exact) mass is 312 g/mol. The molecule has 0 saturated heterocycles. The van der Waals surface area contributed by atoms with Crippen molar-refractivity contribution in [2.75, 3.05) is 5.73 Å². The maximum absolute atomic E-state index is 7.14. The van der Waals surface area contributed by atoms with E-state index in [0.29, 0.717) is 17.2 Å². The van der Waals surface area contributed by atoms with Gasteiger partial charge in [-0.3, -0.25) is 4.98 Å². The molecular formula is C18H12N6. The number of anilines is 1. The Labute approximate surface area is 138 Å². The number of aromatic nitrogens is 4. The first-order valence-electron chi connectivity index (χ1n) is 7.27. The molecule has 0 spiro atoms. The Morgan fingerprint density at radius 2 is 1.92 bits per heavy atom. The van der Waals surface area contributed by atoms with Gasteiger partial charge in [-0.25, -0.2) is 14.5 Å².